The third kappa shape index (κ3) is 8.20. The summed E-state index contributed by atoms with van der Waals surface area (Å²) in [5, 5.41) is 17.3. The monoisotopic (exact) mass is 486 g/mol. The minimum Gasteiger partial charge on any atom is -0.487 e. The molecule has 0 bridgehead atoms. The molecule has 2 aromatic carbocycles. The standard InChI is InChI=1S/C29H34N4O3/c1-23-8-10-25(11-9-23)14-17-29-30-27(22-36-29)21-35-28-15-12-24(13-16-28)6-2-4-18-33-20-26(31-32-33)7-3-5-19-34/h8-17,20,22,34H,2-7,18-19,21H2,1H3/b17-14+. The highest BCUT2D eigenvalue weighted by Gasteiger charge is 2.04. The first-order valence-electron chi connectivity index (χ1n) is 12.6. The highest BCUT2D eigenvalue weighted by atomic mass is 16.5. The number of aliphatic hydroxyl groups excluding tert-OH is 1. The smallest absolute Gasteiger partial charge is 0.218 e. The average molecular weight is 487 g/mol. The zero-order valence-corrected chi connectivity index (χ0v) is 20.8. The van der Waals surface area contributed by atoms with E-state index in [0.717, 1.165) is 67.8 Å². The van der Waals surface area contributed by atoms with Crippen molar-refractivity contribution in [2.75, 3.05) is 6.61 Å². The first kappa shape index (κ1) is 25.4. The van der Waals surface area contributed by atoms with Crippen molar-refractivity contribution >= 4 is 12.2 Å². The summed E-state index contributed by atoms with van der Waals surface area (Å²) in [6.07, 6.45) is 13.3. The lowest BCUT2D eigenvalue weighted by atomic mass is 10.1. The summed E-state index contributed by atoms with van der Waals surface area (Å²) in [6, 6.07) is 16.5. The van der Waals surface area contributed by atoms with Gasteiger partial charge in [-0.1, -0.05) is 47.2 Å². The lowest BCUT2D eigenvalue weighted by molar-refractivity contribution is 0.284. The number of hydrogen-bond donors (Lipinski definition) is 1. The molecule has 0 aliphatic rings. The van der Waals surface area contributed by atoms with Gasteiger partial charge in [0.05, 0.1) is 5.69 Å². The number of oxazole rings is 1. The van der Waals surface area contributed by atoms with Crippen LogP contribution in [0.5, 0.6) is 5.75 Å². The van der Waals surface area contributed by atoms with Crippen molar-refractivity contribution in [3.8, 4) is 5.75 Å². The molecule has 36 heavy (non-hydrogen) atoms. The van der Waals surface area contributed by atoms with Crippen LogP contribution in [0.2, 0.25) is 0 Å². The predicted octanol–water partition coefficient (Wildman–Crippen LogP) is 5.66. The van der Waals surface area contributed by atoms with Crippen LogP contribution in [0.25, 0.3) is 12.2 Å². The summed E-state index contributed by atoms with van der Waals surface area (Å²) >= 11 is 0. The summed E-state index contributed by atoms with van der Waals surface area (Å²) in [7, 11) is 0. The van der Waals surface area contributed by atoms with Crippen molar-refractivity contribution in [1.29, 1.82) is 0 Å². The highest BCUT2D eigenvalue weighted by Crippen LogP contribution is 2.17. The number of aromatic nitrogens is 4. The maximum Gasteiger partial charge on any atom is 0.218 e. The fourth-order valence-corrected chi connectivity index (χ4v) is 3.80. The average Bonchev–Trinajstić information content (AvgIpc) is 3.55. The van der Waals surface area contributed by atoms with E-state index in [-0.39, 0.29) is 6.61 Å². The highest BCUT2D eigenvalue weighted by molar-refractivity contribution is 5.66. The molecule has 0 radical (unpaired) electrons. The molecule has 0 atom stereocenters. The molecule has 2 aromatic heterocycles. The Hall–Kier alpha value is -3.71. The Labute approximate surface area is 212 Å². The Balaban J connectivity index is 1.15. The zero-order chi connectivity index (χ0) is 25.0. The molecule has 0 unspecified atom stereocenters. The van der Waals surface area contributed by atoms with E-state index in [9.17, 15) is 0 Å². The lowest BCUT2D eigenvalue weighted by Gasteiger charge is -2.06. The molecule has 188 valence electrons. The van der Waals surface area contributed by atoms with Crippen LogP contribution in [0.4, 0.5) is 0 Å². The molecular weight excluding hydrogens is 452 g/mol. The van der Waals surface area contributed by atoms with Gasteiger partial charge in [0.25, 0.3) is 0 Å². The second-order valence-corrected chi connectivity index (χ2v) is 8.96. The fourth-order valence-electron chi connectivity index (χ4n) is 3.80. The third-order valence-electron chi connectivity index (χ3n) is 5.91. The van der Waals surface area contributed by atoms with E-state index in [2.05, 4.69) is 58.6 Å². The minimum atomic E-state index is 0.233. The second-order valence-electron chi connectivity index (χ2n) is 8.96. The van der Waals surface area contributed by atoms with Crippen molar-refractivity contribution in [3.05, 3.63) is 95.0 Å². The molecular formula is C29H34N4O3. The SMILES string of the molecule is Cc1ccc(/C=C/c2nc(COc3ccc(CCCCn4cc(CCCCO)nn4)cc3)co2)cc1. The van der Waals surface area contributed by atoms with Crippen LogP contribution in [0, 0.1) is 6.92 Å². The maximum absolute atomic E-state index is 8.87. The van der Waals surface area contributed by atoms with Gasteiger partial charge in [-0.3, -0.25) is 4.68 Å². The molecule has 0 aliphatic carbocycles. The summed E-state index contributed by atoms with van der Waals surface area (Å²) in [6.45, 7) is 3.54. The van der Waals surface area contributed by atoms with Crippen LogP contribution in [-0.2, 0) is 26.0 Å². The molecule has 7 heteroatoms. The normalized spacial score (nSPS) is 11.4. The summed E-state index contributed by atoms with van der Waals surface area (Å²) in [4.78, 5) is 4.47. The van der Waals surface area contributed by atoms with Crippen LogP contribution in [0.1, 0.15) is 59.7 Å². The molecule has 0 saturated heterocycles. The number of hydrogen-bond acceptors (Lipinski definition) is 6. The predicted molar refractivity (Wildman–Crippen MR) is 140 cm³/mol. The van der Waals surface area contributed by atoms with Gasteiger partial charge in [0, 0.05) is 25.4 Å². The van der Waals surface area contributed by atoms with Crippen LogP contribution >= 0.6 is 0 Å². The van der Waals surface area contributed by atoms with E-state index in [4.69, 9.17) is 14.3 Å². The van der Waals surface area contributed by atoms with Gasteiger partial charge < -0.3 is 14.3 Å². The van der Waals surface area contributed by atoms with Gasteiger partial charge in [0.15, 0.2) is 0 Å². The van der Waals surface area contributed by atoms with Crippen LogP contribution in [0.3, 0.4) is 0 Å². The molecule has 0 saturated carbocycles. The van der Waals surface area contributed by atoms with Crippen LogP contribution in [-0.4, -0.2) is 31.7 Å². The van der Waals surface area contributed by atoms with E-state index in [1.165, 1.54) is 11.1 Å². The molecule has 0 aliphatic heterocycles. The van der Waals surface area contributed by atoms with Crippen molar-refractivity contribution in [2.45, 2.75) is 58.6 Å². The summed E-state index contributed by atoms with van der Waals surface area (Å²) in [5.74, 6) is 1.38. The number of aryl methyl sites for hydroxylation is 4. The van der Waals surface area contributed by atoms with Gasteiger partial charge in [-0.15, -0.1) is 5.10 Å². The molecule has 0 amide bonds. The van der Waals surface area contributed by atoms with Crippen molar-refractivity contribution in [1.82, 2.24) is 20.0 Å². The first-order chi connectivity index (χ1) is 17.7. The maximum atomic E-state index is 8.87. The molecule has 1 N–H and O–H groups in total. The fraction of sp³-hybridized carbons (Fsp3) is 0.345. The Morgan fingerprint density at radius 2 is 1.72 bits per heavy atom. The van der Waals surface area contributed by atoms with Gasteiger partial charge in [-0.25, -0.2) is 4.98 Å². The van der Waals surface area contributed by atoms with Gasteiger partial charge in [0.2, 0.25) is 5.89 Å². The van der Waals surface area contributed by atoms with Gasteiger partial charge in [0.1, 0.15) is 24.3 Å². The van der Waals surface area contributed by atoms with Gasteiger partial charge in [-0.2, -0.15) is 0 Å². The van der Waals surface area contributed by atoms with Gasteiger partial charge >= 0.3 is 0 Å². The quantitative estimate of drug-likeness (QED) is 0.231. The second kappa shape index (κ2) is 13.4. The Morgan fingerprint density at radius 1 is 0.917 bits per heavy atom. The topological polar surface area (TPSA) is 86.2 Å². The number of nitrogens with zero attached hydrogens (tertiary/aromatic N) is 4. The van der Waals surface area contributed by atoms with Crippen molar-refractivity contribution in [3.63, 3.8) is 0 Å². The molecule has 0 spiro atoms. The molecule has 0 fully saturated rings. The molecule has 4 aromatic rings. The molecule has 4 rings (SSSR count). The largest absolute Gasteiger partial charge is 0.487 e. The molecule has 7 nitrogen and oxygen atoms in total. The number of benzene rings is 2. The van der Waals surface area contributed by atoms with Crippen molar-refractivity contribution < 1.29 is 14.3 Å². The minimum absolute atomic E-state index is 0.233. The Morgan fingerprint density at radius 3 is 2.53 bits per heavy atom. The van der Waals surface area contributed by atoms with Gasteiger partial charge in [-0.05, 0) is 74.8 Å². The van der Waals surface area contributed by atoms with E-state index < -0.39 is 0 Å². The summed E-state index contributed by atoms with van der Waals surface area (Å²) in [5.41, 5.74) is 5.39. The summed E-state index contributed by atoms with van der Waals surface area (Å²) < 4.78 is 13.3. The van der Waals surface area contributed by atoms with Crippen LogP contribution in [0.15, 0.2) is 65.4 Å². The van der Waals surface area contributed by atoms with E-state index in [1.807, 2.05) is 35.2 Å². The number of ether oxygens (including phenoxy) is 1. The Bertz CT molecular complexity index is 1210. The van der Waals surface area contributed by atoms with Crippen molar-refractivity contribution in [2.24, 2.45) is 0 Å². The number of rotatable bonds is 14. The third-order valence-corrected chi connectivity index (χ3v) is 5.91. The molecule has 2 heterocycles. The number of aliphatic hydroxyl groups is 1. The zero-order valence-electron chi connectivity index (χ0n) is 20.8. The van der Waals surface area contributed by atoms with Crippen LogP contribution < -0.4 is 4.74 Å². The van der Waals surface area contributed by atoms with E-state index in [0.29, 0.717) is 12.5 Å². The van der Waals surface area contributed by atoms with E-state index in [1.54, 1.807) is 6.26 Å². The lowest BCUT2D eigenvalue weighted by Crippen LogP contribution is -1.99. The first-order valence-corrected chi connectivity index (χ1v) is 12.6. The Kier molecular flexibility index (Phi) is 9.45. The number of unbranched alkanes of at least 4 members (excludes halogenated alkanes) is 2. The van der Waals surface area contributed by atoms with E-state index >= 15 is 0 Å².